The highest BCUT2D eigenvalue weighted by atomic mass is 16.1. The number of hydrogen-bond donors (Lipinski definition) is 2. The van der Waals surface area contributed by atoms with Crippen LogP contribution in [0.4, 0.5) is 5.95 Å². The molecule has 1 fully saturated rings. The molecule has 4 rings (SSSR count). The largest absolute Gasteiger partial charge is 0.294 e. The summed E-state index contributed by atoms with van der Waals surface area (Å²) in [6, 6.07) is 8.32. The Morgan fingerprint density at radius 2 is 1.96 bits per heavy atom. The van der Waals surface area contributed by atoms with Crippen LogP contribution in [0, 0.1) is 0 Å². The van der Waals surface area contributed by atoms with Crippen LogP contribution >= 0.6 is 0 Å². The van der Waals surface area contributed by atoms with Crippen LogP contribution in [0.5, 0.6) is 0 Å². The molecule has 3 N–H and O–H groups in total. The lowest BCUT2D eigenvalue weighted by molar-refractivity contribution is 0.284. The number of benzene rings is 1. The van der Waals surface area contributed by atoms with Crippen LogP contribution in [-0.2, 0) is 18.9 Å². The van der Waals surface area contributed by atoms with Crippen LogP contribution in [-0.4, -0.2) is 9.55 Å². The average Bonchev–Trinajstić information content (AvgIpc) is 2.58. The molecule has 0 bridgehead atoms. The number of fused-ring (bicyclic) bond motifs is 4. The number of rotatable bonds is 1. The van der Waals surface area contributed by atoms with Gasteiger partial charge in [0, 0.05) is 18.0 Å². The van der Waals surface area contributed by atoms with Crippen molar-refractivity contribution in [2.24, 2.45) is 12.9 Å². The summed E-state index contributed by atoms with van der Waals surface area (Å²) in [5.74, 6) is 5.98. The van der Waals surface area contributed by atoms with E-state index in [9.17, 15) is 4.79 Å². The number of nitrogens with zero attached hydrogens (tertiary/aromatic N) is 2. The first kappa shape index (κ1) is 14.5. The van der Waals surface area contributed by atoms with Gasteiger partial charge in [-0.15, -0.1) is 0 Å². The Morgan fingerprint density at radius 1 is 1.22 bits per heavy atom. The topological polar surface area (TPSA) is 72.9 Å². The summed E-state index contributed by atoms with van der Waals surface area (Å²) in [4.78, 5) is 17.8. The molecule has 2 aliphatic rings. The Hall–Kier alpha value is -2.14. The summed E-state index contributed by atoms with van der Waals surface area (Å²) in [5, 5.41) is 0. The van der Waals surface area contributed by atoms with Crippen LogP contribution in [0.15, 0.2) is 29.1 Å². The fourth-order valence-electron chi connectivity index (χ4n) is 4.42. The molecule has 0 amide bonds. The van der Waals surface area contributed by atoms with Crippen molar-refractivity contribution in [2.45, 2.75) is 43.9 Å². The molecule has 2 aromatic rings. The third-order valence-corrected chi connectivity index (χ3v) is 5.56. The van der Waals surface area contributed by atoms with Crippen molar-refractivity contribution in [1.82, 2.24) is 9.55 Å². The second kappa shape index (κ2) is 5.20. The number of anilines is 1. The van der Waals surface area contributed by atoms with Gasteiger partial charge in [-0.25, -0.2) is 10.8 Å². The second-order valence-corrected chi connectivity index (χ2v) is 6.84. The number of hydrazine groups is 1. The summed E-state index contributed by atoms with van der Waals surface area (Å²) >= 11 is 0. The number of aromatic nitrogens is 2. The number of nitrogens with one attached hydrogen (secondary N) is 1. The van der Waals surface area contributed by atoms with Gasteiger partial charge < -0.3 is 0 Å². The molecule has 1 aromatic heterocycles. The zero-order valence-corrected chi connectivity index (χ0v) is 13.4. The molecule has 1 aromatic carbocycles. The molecular formula is C18H22N4O. The van der Waals surface area contributed by atoms with Gasteiger partial charge in [0.1, 0.15) is 0 Å². The summed E-state index contributed by atoms with van der Waals surface area (Å²) in [6.07, 6.45) is 6.71. The summed E-state index contributed by atoms with van der Waals surface area (Å²) in [7, 11) is 1.74. The van der Waals surface area contributed by atoms with Crippen molar-refractivity contribution in [2.75, 3.05) is 5.43 Å². The highest BCUT2D eigenvalue weighted by Crippen LogP contribution is 2.48. The fourth-order valence-corrected chi connectivity index (χ4v) is 4.42. The van der Waals surface area contributed by atoms with Gasteiger partial charge in [0.2, 0.25) is 5.95 Å². The van der Waals surface area contributed by atoms with E-state index in [1.807, 2.05) is 6.07 Å². The number of hydrogen-bond acceptors (Lipinski definition) is 4. The Kier molecular flexibility index (Phi) is 3.27. The number of nitrogens with two attached hydrogens (primary N) is 1. The SMILES string of the molecule is Cn1c(NN)nc2c(c1=O)C1(CCCCC1)Cc1ccccc1-2. The molecule has 5 heteroatoms. The van der Waals surface area contributed by atoms with Gasteiger partial charge in [0.05, 0.1) is 11.3 Å². The van der Waals surface area contributed by atoms with Gasteiger partial charge in [-0.05, 0) is 24.8 Å². The van der Waals surface area contributed by atoms with Gasteiger partial charge in [0.25, 0.3) is 5.56 Å². The first-order valence-electron chi connectivity index (χ1n) is 8.33. The third kappa shape index (κ3) is 2.03. The second-order valence-electron chi connectivity index (χ2n) is 6.84. The van der Waals surface area contributed by atoms with E-state index in [1.165, 1.54) is 24.8 Å². The Labute approximate surface area is 135 Å². The predicted molar refractivity (Wildman–Crippen MR) is 91.2 cm³/mol. The minimum absolute atomic E-state index is 0.0411. The Balaban J connectivity index is 2.06. The molecule has 1 heterocycles. The van der Waals surface area contributed by atoms with Crippen molar-refractivity contribution >= 4 is 5.95 Å². The molecule has 2 aliphatic carbocycles. The molecular weight excluding hydrogens is 288 g/mol. The zero-order chi connectivity index (χ0) is 16.0. The lowest BCUT2D eigenvalue weighted by atomic mass is 9.62. The maximum atomic E-state index is 13.1. The van der Waals surface area contributed by atoms with Gasteiger partial charge >= 0.3 is 0 Å². The highest BCUT2D eigenvalue weighted by Gasteiger charge is 2.43. The van der Waals surface area contributed by atoms with E-state index < -0.39 is 0 Å². The quantitative estimate of drug-likeness (QED) is 0.627. The van der Waals surface area contributed by atoms with Crippen molar-refractivity contribution in [3.05, 3.63) is 45.7 Å². The van der Waals surface area contributed by atoms with E-state index in [-0.39, 0.29) is 11.0 Å². The highest BCUT2D eigenvalue weighted by molar-refractivity contribution is 5.72. The van der Waals surface area contributed by atoms with Crippen molar-refractivity contribution in [3.8, 4) is 11.3 Å². The summed E-state index contributed by atoms with van der Waals surface area (Å²) < 4.78 is 1.54. The van der Waals surface area contributed by atoms with E-state index in [0.717, 1.165) is 36.1 Å². The zero-order valence-electron chi connectivity index (χ0n) is 13.4. The predicted octanol–water partition coefficient (Wildman–Crippen LogP) is 2.49. The summed E-state index contributed by atoms with van der Waals surface area (Å²) in [6.45, 7) is 0. The molecule has 23 heavy (non-hydrogen) atoms. The molecule has 5 nitrogen and oxygen atoms in total. The van der Waals surface area contributed by atoms with Gasteiger partial charge in [0.15, 0.2) is 0 Å². The Morgan fingerprint density at radius 3 is 2.70 bits per heavy atom. The third-order valence-electron chi connectivity index (χ3n) is 5.56. The molecule has 0 atom stereocenters. The van der Waals surface area contributed by atoms with Crippen LogP contribution in [0.2, 0.25) is 0 Å². The monoisotopic (exact) mass is 310 g/mol. The van der Waals surface area contributed by atoms with Crippen molar-refractivity contribution in [3.63, 3.8) is 0 Å². The van der Waals surface area contributed by atoms with E-state index >= 15 is 0 Å². The summed E-state index contributed by atoms with van der Waals surface area (Å²) in [5.41, 5.74) is 6.64. The average molecular weight is 310 g/mol. The standard InChI is InChI=1S/C18H22N4O/c1-22-16(23)14-15(20-17(22)21-19)13-8-4-3-7-12(13)11-18(14)9-5-2-6-10-18/h3-4,7-8H,2,5-6,9-11,19H2,1H3,(H,20,21). The van der Waals surface area contributed by atoms with E-state index in [4.69, 9.17) is 10.8 Å². The first-order chi connectivity index (χ1) is 11.2. The Bertz CT molecular complexity index is 818. The van der Waals surface area contributed by atoms with Gasteiger partial charge in [-0.2, -0.15) is 0 Å². The smallest absolute Gasteiger partial charge is 0.259 e. The van der Waals surface area contributed by atoms with E-state index in [1.54, 1.807) is 11.6 Å². The fraction of sp³-hybridized carbons (Fsp3) is 0.444. The maximum Gasteiger partial charge on any atom is 0.259 e. The molecule has 1 saturated carbocycles. The normalized spacial score (nSPS) is 18.3. The van der Waals surface area contributed by atoms with Crippen LogP contribution in [0.3, 0.4) is 0 Å². The van der Waals surface area contributed by atoms with Crippen molar-refractivity contribution in [1.29, 1.82) is 0 Å². The first-order valence-corrected chi connectivity index (χ1v) is 8.33. The lowest BCUT2D eigenvalue weighted by Crippen LogP contribution is -2.43. The van der Waals surface area contributed by atoms with Crippen LogP contribution in [0.25, 0.3) is 11.3 Å². The van der Waals surface area contributed by atoms with Gasteiger partial charge in [-0.1, -0.05) is 43.5 Å². The molecule has 120 valence electrons. The van der Waals surface area contributed by atoms with Crippen molar-refractivity contribution < 1.29 is 0 Å². The minimum atomic E-state index is -0.0586. The molecule has 0 unspecified atom stereocenters. The van der Waals surface area contributed by atoms with E-state index in [2.05, 4.69) is 23.6 Å². The van der Waals surface area contributed by atoms with Gasteiger partial charge in [-0.3, -0.25) is 14.8 Å². The maximum absolute atomic E-state index is 13.1. The molecule has 1 spiro atoms. The van der Waals surface area contributed by atoms with E-state index in [0.29, 0.717) is 5.95 Å². The lowest BCUT2D eigenvalue weighted by Gasteiger charge is -2.42. The number of nitrogen functional groups attached to an aromatic ring is 1. The van der Waals surface area contributed by atoms with Crippen LogP contribution < -0.4 is 16.8 Å². The van der Waals surface area contributed by atoms with Crippen LogP contribution in [0.1, 0.15) is 43.2 Å². The minimum Gasteiger partial charge on any atom is -0.294 e. The molecule has 0 saturated heterocycles. The molecule has 0 aliphatic heterocycles. The molecule has 0 radical (unpaired) electrons.